The molecule has 2 nitrogen and oxygen atoms in total. The fraction of sp³-hybridized carbons (Fsp3) is 0.364. The van der Waals surface area contributed by atoms with E-state index in [2.05, 4.69) is 24.4 Å². The SMILES string of the molecule is CN[C@H](C=O)Cc1cccc(C)c1. The van der Waals surface area contributed by atoms with Gasteiger partial charge in [-0.15, -0.1) is 0 Å². The van der Waals surface area contributed by atoms with E-state index in [9.17, 15) is 4.79 Å². The number of aldehydes is 1. The maximum Gasteiger partial charge on any atom is 0.137 e. The van der Waals surface area contributed by atoms with E-state index in [4.69, 9.17) is 0 Å². The molecule has 1 atom stereocenters. The Morgan fingerprint density at radius 3 is 2.85 bits per heavy atom. The summed E-state index contributed by atoms with van der Waals surface area (Å²) < 4.78 is 0. The molecule has 0 aromatic heterocycles. The van der Waals surface area contributed by atoms with Crippen LogP contribution in [0, 0.1) is 6.92 Å². The molecule has 0 aliphatic rings. The molecule has 0 fully saturated rings. The van der Waals surface area contributed by atoms with Gasteiger partial charge in [-0.1, -0.05) is 29.8 Å². The van der Waals surface area contributed by atoms with Crippen LogP contribution in [0.5, 0.6) is 0 Å². The van der Waals surface area contributed by atoms with Crippen molar-refractivity contribution in [2.75, 3.05) is 7.05 Å². The third kappa shape index (κ3) is 2.99. The minimum atomic E-state index is -0.0678. The standard InChI is InChI=1S/C11H15NO/c1-9-4-3-5-10(6-9)7-11(8-13)12-2/h3-6,8,11-12H,7H2,1-2H3/t11-/m0/s1. The van der Waals surface area contributed by atoms with Crippen LogP contribution in [0.25, 0.3) is 0 Å². The molecular formula is C11H15NO. The van der Waals surface area contributed by atoms with Crippen LogP contribution in [0.1, 0.15) is 11.1 Å². The summed E-state index contributed by atoms with van der Waals surface area (Å²) in [5, 5.41) is 2.95. The van der Waals surface area contributed by atoms with Crippen molar-refractivity contribution < 1.29 is 4.79 Å². The molecule has 0 heterocycles. The third-order valence-corrected chi connectivity index (χ3v) is 2.07. The van der Waals surface area contributed by atoms with E-state index in [0.29, 0.717) is 0 Å². The van der Waals surface area contributed by atoms with Crippen LogP contribution in [-0.4, -0.2) is 19.4 Å². The Morgan fingerprint density at radius 1 is 1.54 bits per heavy atom. The van der Waals surface area contributed by atoms with Crippen molar-refractivity contribution >= 4 is 6.29 Å². The molecule has 70 valence electrons. The van der Waals surface area contributed by atoms with Gasteiger partial charge in [0.15, 0.2) is 0 Å². The first-order chi connectivity index (χ1) is 6.26. The van der Waals surface area contributed by atoms with Crippen LogP contribution in [0.15, 0.2) is 24.3 Å². The normalized spacial score (nSPS) is 12.5. The highest BCUT2D eigenvalue weighted by molar-refractivity contribution is 5.58. The maximum atomic E-state index is 10.6. The van der Waals surface area contributed by atoms with Crippen LogP contribution in [0.4, 0.5) is 0 Å². The second-order valence-electron chi connectivity index (χ2n) is 3.22. The number of hydrogen-bond donors (Lipinski definition) is 1. The minimum absolute atomic E-state index is 0.0678. The van der Waals surface area contributed by atoms with Gasteiger partial charge in [0.05, 0.1) is 6.04 Å². The Hall–Kier alpha value is -1.15. The molecule has 0 radical (unpaired) electrons. The van der Waals surface area contributed by atoms with Gasteiger partial charge in [-0.05, 0) is 26.0 Å². The second kappa shape index (κ2) is 4.77. The van der Waals surface area contributed by atoms with E-state index in [0.717, 1.165) is 12.7 Å². The second-order valence-corrected chi connectivity index (χ2v) is 3.22. The number of likely N-dealkylation sites (N-methyl/N-ethyl adjacent to an activating group) is 1. The van der Waals surface area contributed by atoms with Crippen LogP contribution >= 0.6 is 0 Å². The zero-order valence-electron chi connectivity index (χ0n) is 8.08. The lowest BCUT2D eigenvalue weighted by molar-refractivity contribution is -0.109. The molecule has 0 saturated heterocycles. The van der Waals surface area contributed by atoms with Crippen molar-refractivity contribution in [1.29, 1.82) is 0 Å². The van der Waals surface area contributed by atoms with Gasteiger partial charge in [0, 0.05) is 0 Å². The van der Waals surface area contributed by atoms with Gasteiger partial charge in [0.1, 0.15) is 6.29 Å². The lowest BCUT2D eigenvalue weighted by atomic mass is 10.1. The number of carbonyl (C=O) groups excluding carboxylic acids is 1. The first-order valence-corrected chi connectivity index (χ1v) is 4.44. The summed E-state index contributed by atoms with van der Waals surface area (Å²) >= 11 is 0. The van der Waals surface area contributed by atoms with Gasteiger partial charge in [0.2, 0.25) is 0 Å². The van der Waals surface area contributed by atoms with Crippen LogP contribution in [-0.2, 0) is 11.2 Å². The third-order valence-electron chi connectivity index (χ3n) is 2.07. The highest BCUT2D eigenvalue weighted by atomic mass is 16.1. The lowest BCUT2D eigenvalue weighted by Gasteiger charge is -2.08. The van der Waals surface area contributed by atoms with E-state index in [-0.39, 0.29) is 6.04 Å². The van der Waals surface area contributed by atoms with Gasteiger partial charge in [-0.3, -0.25) is 0 Å². The number of benzene rings is 1. The predicted molar refractivity (Wildman–Crippen MR) is 53.8 cm³/mol. The van der Waals surface area contributed by atoms with Gasteiger partial charge < -0.3 is 10.1 Å². The highest BCUT2D eigenvalue weighted by Crippen LogP contribution is 2.05. The van der Waals surface area contributed by atoms with Crippen LogP contribution < -0.4 is 5.32 Å². The fourth-order valence-corrected chi connectivity index (χ4v) is 1.31. The molecule has 0 spiro atoms. The summed E-state index contributed by atoms with van der Waals surface area (Å²) in [6.45, 7) is 2.05. The van der Waals surface area contributed by atoms with Crippen molar-refractivity contribution in [3.05, 3.63) is 35.4 Å². The summed E-state index contributed by atoms with van der Waals surface area (Å²) in [4.78, 5) is 10.6. The summed E-state index contributed by atoms with van der Waals surface area (Å²) in [6, 6.07) is 8.15. The smallest absolute Gasteiger partial charge is 0.137 e. The molecule has 1 aromatic rings. The van der Waals surface area contributed by atoms with Crippen LogP contribution in [0.2, 0.25) is 0 Å². The zero-order valence-corrected chi connectivity index (χ0v) is 8.08. The minimum Gasteiger partial charge on any atom is -0.311 e. The van der Waals surface area contributed by atoms with Gasteiger partial charge in [-0.2, -0.15) is 0 Å². The van der Waals surface area contributed by atoms with Crippen molar-refractivity contribution in [3.63, 3.8) is 0 Å². The molecule has 1 rings (SSSR count). The number of carbonyl (C=O) groups is 1. The molecule has 0 unspecified atom stereocenters. The number of hydrogen-bond acceptors (Lipinski definition) is 2. The Balaban J connectivity index is 2.67. The van der Waals surface area contributed by atoms with E-state index in [1.54, 1.807) is 7.05 Å². The lowest BCUT2D eigenvalue weighted by Crippen LogP contribution is -2.28. The van der Waals surface area contributed by atoms with Crippen molar-refractivity contribution in [1.82, 2.24) is 5.32 Å². The topological polar surface area (TPSA) is 29.1 Å². The molecule has 1 N–H and O–H groups in total. The Kier molecular flexibility index (Phi) is 3.65. The van der Waals surface area contributed by atoms with E-state index in [1.165, 1.54) is 11.1 Å². The molecular weight excluding hydrogens is 162 g/mol. The quantitative estimate of drug-likeness (QED) is 0.703. The Bertz CT molecular complexity index is 283. The van der Waals surface area contributed by atoms with Gasteiger partial charge in [0.25, 0.3) is 0 Å². The molecule has 0 bridgehead atoms. The molecule has 0 aliphatic heterocycles. The van der Waals surface area contributed by atoms with E-state index in [1.807, 2.05) is 12.1 Å². The monoisotopic (exact) mass is 177 g/mol. The fourth-order valence-electron chi connectivity index (χ4n) is 1.31. The maximum absolute atomic E-state index is 10.6. The largest absolute Gasteiger partial charge is 0.311 e. The first kappa shape index (κ1) is 9.93. The van der Waals surface area contributed by atoms with E-state index >= 15 is 0 Å². The van der Waals surface area contributed by atoms with Gasteiger partial charge in [-0.25, -0.2) is 0 Å². The average molecular weight is 177 g/mol. The highest BCUT2D eigenvalue weighted by Gasteiger charge is 2.04. The van der Waals surface area contributed by atoms with Crippen LogP contribution in [0.3, 0.4) is 0 Å². The molecule has 0 aliphatic carbocycles. The van der Waals surface area contributed by atoms with Crippen molar-refractivity contribution in [2.24, 2.45) is 0 Å². The Morgan fingerprint density at radius 2 is 2.31 bits per heavy atom. The summed E-state index contributed by atoms with van der Waals surface area (Å²) in [5.74, 6) is 0. The molecule has 2 heteroatoms. The summed E-state index contributed by atoms with van der Waals surface area (Å²) in [5.41, 5.74) is 2.43. The summed E-state index contributed by atoms with van der Waals surface area (Å²) in [7, 11) is 1.80. The predicted octanol–water partition coefficient (Wildman–Crippen LogP) is 1.32. The molecule has 0 saturated carbocycles. The van der Waals surface area contributed by atoms with Crippen molar-refractivity contribution in [3.8, 4) is 0 Å². The first-order valence-electron chi connectivity index (χ1n) is 4.44. The Labute approximate surface area is 79.0 Å². The van der Waals surface area contributed by atoms with Crippen molar-refractivity contribution in [2.45, 2.75) is 19.4 Å². The number of nitrogens with one attached hydrogen (secondary N) is 1. The van der Waals surface area contributed by atoms with Gasteiger partial charge >= 0.3 is 0 Å². The number of rotatable bonds is 4. The zero-order chi connectivity index (χ0) is 9.68. The summed E-state index contributed by atoms with van der Waals surface area (Å²) in [6.07, 6.45) is 1.71. The van der Waals surface area contributed by atoms with E-state index < -0.39 is 0 Å². The molecule has 1 aromatic carbocycles. The molecule has 13 heavy (non-hydrogen) atoms. The average Bonchev–Trinajstić information content (AvgIpc) is 2.14. The number of aryl methyl sites for hydroxylation is 1. The molecule has 0 amide bonds.